The van der Waals surface area contributed by atoms with E-state index in [4.69, 9.17) is 4.74 Å². The van der Waals surface area contributed by atoms with Gasteiger partial charge >= 0.3 is 5.97 Å². The molecule has 4 saturated carbocycles. The van der Waals surface area contributed by atoms with Gasteiger partial charge in [-0.1, -0.05) is 60.1 Å². The summed E-state index contributed by atoms with van der Waals surface area (Å²) in [7, 11) is 0. The molecule has 0 bridgehead atoms. The molecule has 0 amide bonds. The summed E-state index contributed by atoms with van der Waals surface area (Å²) in [6.45, 7) is 18.8. The van der Waals surface area contributed by atoms with E-state index in [1.807, 2.05) is 0 Å². The molecule has 4 fully saturated rings. The lowest BCUT2D eigenvalue weighted by Crippen LogP contribution is -2.59. The Kier molecular flexibility index (Phi) is 5.96. The van der Waals surface area contributed by atoms with Crippen LogP contribution in [0.25, 0.3) is 0 Å². The molecule has 0 saturated heterocycles. The van der Waals surface area contributed by atoms with Crippen LogP contribution in [-0.4, -0.2) is 23.3 Å². The van der Waals surface area contributed by atoms with E-state index >= 15 is 0 Å². The molecular weight excluding hydrogens is 432 g/mol. The summed E-state index contributed by atoms with van der Waals surface area (Å²) in [4.78, 5) is 11.9. The smallest absolute Gasteiger partial charge is 0.302 e. The highest BCUT2D eigenvalue weighted by Gasteiger charge is 2.63. The van der Waals surface area contributed by atoms with Crippen molar-refractivity contribution in [3.8, 4) is 0 Å². The second-order valence-electron chi connectivity index (χ2n) is 15.5. The molecule has 1 N–H and O–H groups in total. The maximum atomic E-state index is 11.9. The fourth-order valence-electron chi connectivity index (χ4n) is 11.3. The third-order valence-electron chi connectivity index (χ3n) is 13.1. The Bertz CT molecular complexity index is 900. The van der Waals surface area contributed by atoms with Crippen LogP contribution in [0.4, 0.5) is 0 Å². The quantitative estimate of drug-likeness (QED) is 0.306. The van der Waals surface area contributed by atoms with Gasteiger partial charge in [0.15, 0.2) is 0 Å². The van der Waals surface area contributed by atoms with Gasteiger partial charge in [-0.2, -0.15) is 0 Å². The van der Waals surface area contributed by atoms with Gasteiger partial charge < -0.3 is 9.84 Å². The number of carbonyl (C=O) groups excluding carboxylic acids is 1. The molecule has 0 aromatic heterocycles. The maximum absolute atomic E-state index is 11.9. The average molecular weight is 485 g/mol. The summed E-state index contributed by atoms with van der Waals surface area (Å²) >= 11 is 0. The molecule has 0 heterocycles. The molecule has 0 spiro atoms. The number of ether oxygens (including phenoxy) is 1. The van der Waals surface area contributed by atoms with Crippen molar-refractivity contribution in [2.24, 2.45) is 50.7 Å². The SMILES string of the molecule is CC(=O)O[C@H]1CC[C@@]2(C)[C@@H](CC[C@@]3(C)CC4=CC[C@@H]5C(C)(C)[C@@H](O)CC[C@]5(C)[C@H]4CC[C@@H]32)C1(C)C. The molecule has 0 aliphatic heterocycles. The minimum Gasteiger partial charge on any atom is -0.462 e. The largest absolute Gasteiger partial charge is 0.462 e. The van der Waals surface area contributed by atoms with Gasteiger partial charge in [-0.15, -0.1) is 0 Å². The van der Waals surface area contributed by atoms with E-state index in [1.165, 1.54) is 44.9 Å². The second kappa shape index (κ2) is 8.08. The number of aliphatic hydroxyl groups excluding tert-OH is 1. The topological polar surface area (TPSA) is 46.5 Å². The van der Waals surface area contributed by atoms with Crippen molar-refractivity contribution >= 4 is 5.97 Å². The minimum absolute atomic E-state index is 0.00576. The summed E-state index contributed by atoms with van der Waals surface area (Å²) in [6.07, 6.45) is 14.4. The molecule has 5 aliphatic rings. The van der Waals surface area contributed by atoms with Crippen LogP contribution in [0, 0.1) is 50.7 Å². The molecule has 198 valence electrons. The van der Waals surface area contributed by atoms with Crippen LogP contribution in [-0.2, 0) is 9.53 Å². The van der Waals surface area contributed by atoms with Crippen molar-refractivity contribution in [2.45, 2.75) is 132 Å². The van der Waals surface area contributed by atoms with Crippen LogP contribution in [0.2, 0.25) is 0 Å². The van der Waals surface area contributed by atoms with Gasteiger partial charge in [-0.25, -0.2) is 0 Å². The summed E-state index contributed by atoms with van der Waals surface area (Å²) in [6, 6.07) is 0. The zero-order valence-electron chi connectivity index (χ0n) is 23.9. The second-order valence-corrected chi connectivity index (χ2v) is 15.5. The molecule has 9 atom stereocenters. The lowest BCUT2D eigenvalue weighted by molar-refractivity contribution is -0.191. The highest BCUT2D eigenvalue weighted by molar-refractivity contribution is 5.66. The monoisotopic (exact) mass is 484 g/mol. The lowest BCUT2D eigenvalue weighted by Gasteiger charge is -2.64. The van der Waals surface area contributed by atoms with Crippen molar-refractivity contribution in [1.29, 1.82) is 0 Å². The van der Waals surface area contributed by atoms with Gasteiger partial charge in [-0.3, -0.25) is 4.79 Å². The van der Waals surface area contributed by atoms with E-state index in [1.54, 1.807) is 12.5 Å². The van der Waals surface area contributed by atoms with E-state index in [-0.39, 0.29) is 29.0 Å². The Balaban J connectivity index is 1.47. The predicted molar refractivity (Wildman–Crippen MR) is 142 cm³/mol. The van der Waals surface area contributed by atoms with Crippen LogP contribution < -0.4 is 0 Å². The summed E-state index contributed by atoms with van der Waals surface area (Å²) in [5.74, 6) is 2.44. The normalized spacial score (nSPS) is 50.4. The van der Waals surface area contributed by atoms with Crippen LogP contribution >= 0.6 is 0 Å². The van der Waals surface area contributed by atoms with Crippen LogP contribution in [0.3, 0.4) is 0 Å². The summed E-state index contributed by atoms with van der Waals surface area (Å²) < 4.78 is 5.90. The van der Waals surface area contributed by atoms with Crippen molar-refractivity contribution in [2.75, 3.05) is 0 Å². The molecule has 0 aromatic rings. The molecule has 5 rings (SSSR count). The molecule has 0 aromatic carbocycles. The Morgan fingerprint density at radius 1 is 0.829 bits per heavy atom. The zero-order chi connectivity index (χ0) is 25.6. The highest BCUT2D eigenvalue weighted by atomic mass is 16.5. The number of carbonyl (C=O) groups is 1. The molecule has 3 heteroatoms. The first-order chi connectivity index (χ1) is 16.2. The van der Waals surface area contributed by atoms with E-state index in [0.717, 1.165) is 25.2 Å². The first-order valence-corrected chi connectivity index (χ1v) is 14.7. The summed E-state index contributed by atoms with van der Waals surface area (Å²) in [5.41, 5.74) is 2.76. The van der Waals surface area contributed by atoms with Gasteiger partial charge in [0.25, 0.3) is 0 Å². The average Bonchev–Trinajstić information content (AvgIpc) is 2.90. The van der Waals surface area contributed by atoms with Gasteiger partial charge in [0.2, 0.25) is 0 Å². The number of rotatable bonds is 1. The fourth-order valence-corrected chi connectivity index (χ4v) is 11.3. The third-order valence-corrected chi connectivity index (χ3v) is 13.1. The van der Waals surface area contributed by atoms with Gasteiger partial charge in [0.1, 0.15) is 6.10 Å². The van der Waals surface area contributed by atoms with Gasteiger partial charge in [0, 0.05) is 12.3 Å². The van der Waals surface area contributed by atoms with E-state index in [2.05, 4.69) is 54.5 Å². The van der Waals surface area contributed by atoms with Gasteiger partial charge in [-0.05, 0) is 110 Å². The van der Waals surface area contributed by atoms with Crippen molar-refractivity contribution in [3.05, 3.63) is 11.6 Å². The number of aliphatic hydroxyl groups is 1. The van der Waals surface area contributed by atoms with Crippen molar-refractivity contribution in [1.82, 2.24) is 0 Å². The van der Waals surface area contributed by atoms with Crippen LogP contribution in [0.15, 0.2) is 11.6 Å². The number of hydrogen-bond donors (Lipinski definition) is 1. The van der Waals surface area contributed by atoms with Crippen LogP contribution in [0.5, 0.6) is 0 Å². The highest BCUT2D eigenvalue weighted by Crippen LogP contribution is 2.70. The summed E-state index contributed by atoms with van der Waals surface area (Å²) in [5, 5.41) is 10.9. The molecule has 0 radical (unpaired) electrons. The molecule has 0 unspecified atom stereocenters. The fraction of sp³-hybridized carbons (Fsp3) is 0.906. The number of hydrogen-bond acceptors (Lipinski definition) is 3. The Hall–Kier alpha value is -0.830. The number of esters is 1. The molecular formula is C32H52O3. The molecule has 35 heavy (non-hydrogen) atoms. The van der Waals surface area contributed by atoms with Gasteiger partial charge in [0.05, 0.1) is 6.10 Å². The maximum Gasteiger partial charge on any atom is 0.302 e. The first kappa shape index (κ1) is 25.8. The van der Waals surface area contributed by atoms with E-state index in [0.29, 0.717) is 34.0 Å². The van der Waals surface area contributed by atoms with Crippen LogP contribution in [0.1, 0.15) is 120 Å². The first-order valence-electron chi connectivity index (χ1n) is 14.7. The minimum atomic E-state index is -0.171. The standard InChI is InChI=1S/C32H52O3/c1-20(33)35-27-15-18-32(8)24(29(27,4)5)13-16-30(6)19-21-9-11-23-28(2,3)26(34)14-17-31(23,7)22(21)10-12-25(30)32/h9,22-27,34H,10-19H2,1-8H3/t22-,23+,24-,25-,26-,27-,30-,31+,32-/m0/s1. The Labute approximate surface area is 214 Å². The van der Waals surface area contributed by atoms with E-state index in [9.17, 15) is 9.90 Å². The molecule has 3 nitrogen and oxygen atoms in total. The lowest BCUT2D eigenvalue weighted by atomic mass is 9.42. The van der Waals surface area contributed by atoms with Crippen molar-refractivity contribution in [3.63, 3.8) is 0 Å². The Morgan fingerprint density at radius 2 is 1.51 bits per heavy atom. The molecule has 5 aliphatic carbocycles. The van der Waals surface area contributed by atoms with E-state index < -0.39 is 0 Å². The Morgan fingerprint density at radius 3 is 2.20 bits per heavy atom. The number of fused-ring (bicyclic) bond motifs is 6. The zero-order valence-corrected chi connectivity index (χ0v) is 23.9. The predicted octanol–water partition coefficient (Wildman–Crippen LogP) is 7.71. The number of allylic oxidation sites excluding steroid dienone is 2. The van der Waals surface area contributed by atoms with Crippen molar-refractivity contribution < 1.29 is 14.6 Å². The third kappa shape index (κ3) is 3.63.